The third-order valence-corrected chi connectivity index (χ3v) is 7.59. The highest BCUT2D eigenvalue weighted by atomic mass is 35.5. The third-order valence-electron chi connectivity index (χ3n) is 3.51. The van der Waals surface area contributed by atoms with Crippen LogP contribution in [0.15, 0.2) is 53.9 Å². The molecule has 0 fully saturated rings. The Hall–Kier alpha value is -1.19. The zero-order valence-corrected chi connectivity index (χ0v) is 18.6. The van der Waals surface area contributed by atoms with Crippen LogP contribution in [0, 0.1) is 0 Å². The molecule has 3 aromatic rings. The fourth-order valence-corrected chi connectivity index (χ4v) is 5.31. The molecule has 1 unspecified atom stereocenters. The smallest absolute Gasteiger partial charge is 0.259 e. The van der Waals surface area contributed by atoms with Gasteiger partial charge < -0.3 is 10.8 Å². The summed E-state index contributed by atoms with van der Waals surface area (Å²) in [5, 5.41) is 5.03. The van der Waals surface area contributed by atoms with Crippen molar-refractivity contribution in [1.82, 2.24) is 0 Å². The fraction of sp³-hybridized carbons (Fsp3) is 0.0588. The standard InChI is InChI=1S/C17H12Cl4N2O2S2.H2O/c18-12-5-3-10(8-14(12)20)22-17(16-2-1-7-26-16)27(24,25)23-11-4-6-13(19)15(21)9-11;/h1-9,17,22-23H;1H2. The lowest BCUT2D eigenvalue weighted by atomic mass is 10.3. The molecule has 0 aliphatic heterocycles. The predicted octanol–water partition coefficient (Wildman–Crippen LogP) is 6.09. The molecule has 0 aliphatic carbocycles. The lowest BCUT2D eigenvalue weighted by Crippen LogP contribution is -2.26. The minimum Gasteiger partial charge on any atom is -0.412 e. The summed E-state index contributed by atoms with van der Waals surface area (Å²) in [4.78, 5) is 0.605. The van der Waals surface area contributed by atoms with Crippen LogP contribution in [0.2, 0.25) is 20.1 Å². The molecule has 5 nitrogen and oxygen atoms in total. The quantitative estimate of drug-likeness (QED) is 0.430. The predicted molar refractivity (Wildman–Crippen MR) is 120 cm³/mol. The highest BCUT2D eigenvalue weighted by Gasteiger charge is 2.28. The maximum Gasteiger partial charge on any atom is 0.259 e. The second-order valence-corrected chi connectivity index (χ2v) is 9.82. The molecule has 0 bridgehead atoms. The lowest BCUT2D eigenvalue weighted by molar-refractivity contribution is 0.593. The second kappa shape index (κ2) is 9.54. The Morgan fingerprint density at radius 3 is 1.93 bits per heavy atom. The van der Waals surface area contributed by atoms with E-state index in [2.05, 4.69) is 10.0 Å². The number of thiophene rings is 1. The Morgan fingerprint density at radius 2 is 1.39 bits per heavy atom. The molecular weight excluding hydrogens is 486 g/mol. The van der Waals surface area contributed by atoms with Gasteiger partial charge in [-0.15, -0.1) is 11.3 Å². The molecule has 1 aromatic heterocycles. The van der Waals surface area contributed by atoms with E-state index in [9.17, 15) is 8.42 Å². The van der Waals surface area contributed by atoms with Gasteiger partial charge in [0.2, 0.25) is 0 Å². The van der Waals surface area contributed by atoms with Gasteiger partial charge in [-0.1, -0.05) is 52.5 Å². The number of halogens is 4. The van der Waals surface area contributed by atoms with E-state index in [1.165, 1.54) is 29.5 Å². The van der Waals surface area contributed by atoms with E-state index < -0.39 is 15.4 Å². The van der Waals surface area contributed by atoms with E-state index in [-0.39, 0.29) is 10.5 Å². The third kappa shape index (κ3) is 5.45. The normalized spacial score (nSPS) is 12.1. The topological polar surface area (TPSA) is 89.7 Å². The van der Waals surface area contributed by atoms with Gasteiger partial charge in [-0.05, 0) is 47.8 Å². The summed E-state index contributed by atoms with van der Waals surface area (Å²) in [6.07, 6.45) is 0. The van der Waals surface area contributed by atoms with Crippen LogP contribution in [0.3, 0.4) is 0 Å². The van der Waals surface area contributed by atoms with E-state index in [1.807, 2.05) is 0 Å². The Balaban J connectivity index is 0.00000280. The summed E-state index contributed by atoms with van der Waals surface area (Å²) in [5.41, 5.74) is 0.823. The Kier molecular flexibility index (Phi) is 7.87. The number of sulfonamides is 1. The van der Waals surface area contributed by atoms with Crippen LogP contribution in [0.5, 0.6) is 0 Å². The first-order valence-electron chi connectivity index (χ1n) is 7.48. The first-order valence-corrected chi connectivity index (χ1v) is 11.4. The number of benzene rings is 2. The Bertz CT molecular complexity index is 1060. The largest absolute Gasteiger partial charge is 0.412 e. The van der Waals surface area contributed by atoms with Gasteiger partial charge in [-0.2, -0.15) is 0 Å². The highest BCUT2D eigenvalue weighted by Crippen LogP contribution is 2.33. The number of rotatable bonds is 6. The highest BCUT2D eigenvalue weighted by molar-refractivity contribution is 7.93. The van der Waals surface area contributed by atoms with Crippen molar-refractivity contribution in [3.8, 4) is 0 Å². The van der Waals surface area contributed by atoms with Crippen molar-refractivity contribution < 1.29 is 13.9 Å². The van der Waals surface area contributed by atoms with E-state index in [4.69, 9.17) is 46.4 Å². The zero-order chi connectivity index (χ0) is 19.6. The van der Waals surface area contributed by atoms with E-state index in [0.29, 0.717) is 31.3 Å². The molecular formula is C17H14Cl4N2O3S2. The molecule has 0 saturated heterocycles. The molecule has 4 N–H and O–H groups in total. The molecule has 11 heteroatoms. The van der Waals surface area contributed by atoms with Gasteiger partial charge in [0, 0.05) is 10.6 Å². The minimum atomic E-state index is -3.88. The molecule has 28 heavy (non-hydrogen) atoms. The number of hydrogen-bond acceptors (Lipinski definition) is 4. The lowest BCUT2D eigenvalue weighted by Gasteiger charge is -2.21. The van der Waals surface area contributed by atoms with Gasteiger partial charge >= 0.3 is 0 Å². The Morgan fingerprint density at radius 1 is 0.821 bits per heavy atom. The summed E-state index contributed by atoms with van der Waals surface area (Å²) in [6.45, 7) is 0. The molecule has 0 aliphatic rings. The van der Waals surface area contributed by atoms with Crippen LogP contribution in [-0.2, 0) is 10.0 Å². The summed E-state index contributed by atoms with van der Waals surface area (Å²) < 4.78 is 28.6. The van der Waals surface area contributed by atoms with Crippen molar-refractivity contribution in [3.05, 3.63) is 78.9 Å². The van der Waals surface area contributed by atoms with Gasteiger partial charge in [0.15, 0.2) is 5.37 Å². The van der Waals surface area contributed by atoms with Crippen LogP contribution in [0.1, 0.15) is 10.3 Å². The molecule has 0 saturated carbocycles. The first kappa shape index (κ1) is 23.1. The monoisotopic (exact) mass is 498 g/mol. The molecule has 150 valence electrons. The molecule has 0 amide bonds. The van der Waals surface area contributed by atoms with Gasteiger partial charge in [-0.3, -0.25) is 4.72 Å². The summed E-state index contributed by atoms with van der Waals surface area (Å²) in [5.74, 6) is 0. The minimum absolute atomic E-state index is 0. The zero-order valence-electron chi connectivity index (χ0n) is 13.9. The number of nitrogens with one attached hydrogen (secondary N) is 2. The number of hydrogen-bond donors (Lipinski definition) is 2. The average Bonchev–Trinajstić information content (AvgIpc) is 3.13. The first-order chi connectivity index (χ1) is 12.8. The molecule has 3 rings (SSSR count). The Labute approximate surface area is 186 Å². The van der Waals surface area contributed by atoms with Crippen LogP contribution in [0.4, 0.5) is 11.4 Å². The molecule has 1 atom stereocenters. The molecule has 1 heterocycles. The van der Waals surface area contributed by atoms with E-state index in [0.717, 1.165) is 0 Å². The summed E-state index contributed by atoms with van der Waals surface area (Å²) in [6, 6.07) is 12.8. The summed E-state index contributed by atoms with van der Waals surface area (Å²) >= 11 is 25.1. The van der Waals surface area contributed by atoms with Crippen molar-refractivity contribution in [1.29, 1.82) is 0 Å². The van der Waals surface area contributed by atoms with Gasteiger partial charge in [0.1, 0.15) is 0 Å². The molecule has 0 radical (unpaired) electrons. The maximum atomic E-state index is 13.0. The molecule has 0 spiro atoms. The van der Waals surface area contributed by atoms with Crippen LogP contribution >= 0.6 is 57.7 Å². The maximum absolute atomic E-state index is 13.0. The van der Waals surface area contributed by atoms with Crippen molar-refractivity contribution in [2.75, 3.05) is 10.0 Å². The van der Waals surface area contributed by atoms with Gasteiger partial charge in [-0.25, -0.2) is 8.42 Å². The van der Waals surface area contributed by atoms with Crippen molar-refractivity contribution in [2.24, 2.45) is 0 Å². The van der Waals surface area contributed by atoms with Crippen LogP contribution < -0.4 is 10.0 Å². The SMILES string of the molecule is O.O=S(=O)(Nc1ccc(Cl)c(Cl)c1)C(Nc1ccc(Cl)c(Cl)c1)c1cccs1. The van der Waals surface area contributed by atoms with Crippen molar-refractivity contribution in [3.63, 3.8) is 0 Å². The van der Waals surface area contributed by atoms with Gasteiger partial charge in [0.05, 0.1) is 25.8 Å². The molecule has 2 aromatic carbocycles. The van der Waals surface area contributed by atoms with Crippen molar-refractivity contribution >= 4 is 79.1 Å². The summed E-state index contributed by atoms with van der Waals surface area (Å²) in [7, 11) is -3.88. The van der Waals surface area contributed by atoms with Gasteiger partial charge in [0.25, 0.3) is 10.0 Å². The second-order valence-electron chi connectivity index (χ2n) is 5.44. The van der Waals surface area contributed by atoms with E-state index in [1.54, 1.807) is 35.7 Å². The van der Waals surface area contributed by atoms with E-state index >= 15 is 0 Å². The van der Waals surface area contributed by atoms with Crippen LogP contribution in [0.25, 0.3) is 0 Å². The average molecular weight is 500 g/mol. The van der Waals surface area contributed by atoms with Crippen LogP contribution in [-0.4, -0.2) is 13.9 Å². The number of anilines is 2. The fourth-order valence-electron chi connectivity index (χ4n) is 2.26. The van der Waals surface area contributed by atoms with Crippen molar-refractivity contribution in [2.45, 2.75) is 5.37 Å².